The van der Waals surface area contributed by atoms with Gasteiger partial charge in [-0.25, -0.2) is 0 Å². The monoisotopic (exact) mass is 164 g/mol. The van der Waals surface area contributed by atoms with Crippen LogP contribution in [-0.4, -0.2) is 0 Å². The molecule has 0 spiro atoms. The van der Waals surface area contributed by atoms with E-state index in [0.29, 0.717) is 11.8 Å². The molecule has 0 fully saturated rings. The van der Waals surface area contributed by atoms with Gasteiger partial charge in [0.1, 0.15) is 0 Å². The van der Waals surface area contributed by atoms with Gasteiger partial charge in [0.15, 0.2) is 0 Å². The first-order chi connectivity index (χ1) is 5.57. The van der Waals surface area contributed by atoms with Crippen molar-refractivity contribution < 1.29 is 0 Å². The van der Waals surface area contributed by atoms with E-state index in [1.54, 1.807) is 5.57 Å². The number of hydrogen-bond donors (Lipinski definition) is 0. The van der Waals surface area contributed by atoms with Crippen LogP contribution in [0, 0.1) is 17.8 Å². The van der Waals surface area contributed by atoms with Crippen molar-refractivity contribution in [2.24, 2.45) is 17.8 Å². The molecule has 0 heteroatoms. The highest BCUT2D eigenvalue weighted by atomic mass is 14.3. The third kappa shape index (κ3) is 1.80. The SMILES string of the molecule is C=C(C(C)C)C(C)C1C=C1CC. The molecule has 2 unspecified atom stereocenters. The van der Waals surface area contributed by atoms with Crippen LogP contribution in [0.25, 0.3) is 0 Å². The van der Waals surface area contributed by atoms with Crippen LogP contribution in [0.3, 0.4) is 0 Å². The first-order valence-corrected chi connectivity index (χ1v) is 4.97. The van der Waals surface area contributed by atoms with Crippen LogP contribution in [0.5, 0.6) is 0 Å². The molecule has 0 amide bonds. The van der Waals surface area contributed by atoms with Crippen LogP contribution in [0.15, 0.2) is 23.8 Å². The van der Waals surface area contributed by atoms with E-state index in [-0.39, 0.29) is 0 Å². The van der Waals surface area contributed by atoms with Crippen LogP contribution in [-0.2, 0) is 0 Å². The fraction of sp³-hybridized carbons (Fsp3) is 0.667. The predicted molar refractivity (Wildman–Crippen MR) is 55.0 cm³/mol. The second-order valence-corrected chi connectivity index (χ2v) is 4.14. The van der Waals surface area contributed by atoms with Crippen molar-refractivity contribution in [1.82, 2.24) is 0 Å². The molecule has 0 aromatic rings. The Morgan fingerprint density at radius 1 is 1.50 bits per heavy atom. The van der Waals surface area contributed by atoms with Crippen molar-refractivity contribution in [2.45, 2.75) is 34.1 Å². The largest absolute Gasteiger partial charge is 0.0993 e. The minimum Gasteiger partial charge on any atom is -0.0993 e. The molecule has 1 aliphatic rings. The molecule has 0 aliphatic heterocycles. The molecule has 0 radical (unpaired) electrons. The van der Waals surface area contributed by atoms with Gasteiger partial charge in [-0.15, -0.1) is 0 Å². The first kappa shape index (κ1) is 9.57. The summed E-state index contributed by atoms with van der Waals surface area (Å²) < 4.78 is 0. The van der Waals surface area contributed by atoms with Crippen molar-refractivity contribution in [3.63, 3.8) is 0 Å². The number of rotatable bonds is 4. The van der Waals surface area contributed by atoms with E-state index in [4.69, 9.17) is 0 Å². The second-order valence-electron chi connectivity index (χ2n) is 4.14. The molecule has 2 atom stereocenters. The van der Waals surface area contributed by atoms with Gasteiger partial charge >= 0.3 is 0 Å². The average Bonchev–Trinajstić information content (AvgIpc) is 2.80. The van der Waals surface area contributed by atoms with Gasteiger partial charge < -0.3 is 0 Å². The molecule has 1 aliphatic carbocycles. The summed E-state index contributed by atoms with van der Waals surface area (Å²) in [6, 6.07) is 0. The third-order valence-corrected chi connectivity index (χ3v) is 2.99. The van der Waals surface area contributed by atoms with Gasteiger partial charge in [-0.05, 0) is 18.3 Å². The topological polar surface area (TPSA) is 0 Å². The average molecular weight is 164 g/mol. The summed E-state index contributed by atoms with van der Waals surface area (Å²) in [5.74, 6) is 2.05. The maximum absolute atomic E-state index is 4.15. The van der Waals surface area contributed by atoms with E-state index >= 15 is 0 Å². The number of allylic oxidation sites excluding steroid dienone is 3. The lowest BCUT2D eigenvalue weighted by atomic mass is 9.87. The zero-order chi connectivity index (χ0) is 9.30. The van der Waals surface area contributed by atoms with Gasteiger partial charge in [0.2, 0.25) is 0 Å². The van der Waals surface area contributed by atoms with Crippen molar-refractivity contribution in [3.8, 4) is 0 Å². The minimum atomic E-state index is 0.632. The third-order valence-electron chi connectivity index (χ3n) is 2.99. The van der Waals surface area contributed by atoms with Crippen LogP contribution >= 0.6 is 0 Å². The maximum atomic E-state index is 4.15. The van der Waals surface area contributed by atoms with Crippen LogP contribution < -0.4 is 0 Å². The quantitative estimate of drug-likeness (QED) is 0.554. The van der Waals surface area contributed by atoms with Gasteiger partial charge in [0.05, 0.1) is 0 Å². The lowest BCUT2D eigenvalue weighted by Crippen LogP contribution is -2.08. The molecule has 12 heavy (non-hydrogen) atoms. The van der Waals surface area contributed by atoms with E-state index in [0.717, 1.165) is 5.92 Å². The van der Waals surface area contributed by atoms with Crippen molar-refractivity contribution >= 4 is 0 Å². The Morgan fingerprint density at radius 3 is 2.42 bits per heavy atom. The molecule has 0 nitrogen and oxygen atoms in total. The summed E-state index contributed by atoms with van der Waals surface area (Å²) in [6.07, 6.45) is 3.61. The molecule has 0 saturated carbocycles. The summed E-state index contributed by atoms with van der Waals surface area (Å²) in [5, 5.41) is 0. The summed E-state index contributed by atoms with van der Waals surface area (Å²) >= 11 is 0. The van der Waals surface area contributed by atoms with Gasteiger partial charge in [-0.3, -0.25) is 0 Å². The zero-order valence-corrected chi connectivity index (χ0v) is 8.72. The lowest BCUT2D eigenvalue weighted by molar-refractivity contribution is 0.542. The Bertz CT molecular complexity index is 208. The predicted octanol–water partition coefficient (Wildman–Crippen LogP) is 3.80. The molecule has 0 aromatic carbocycles. The normalized spacial score (nSPS) is 23.8. The molecule has 1 rings (SSSR count). The van der Waals surface area contributed by atoms with Gasteiger partial charge in [0.25, 0.3) is 0 Å². The van der Waals surface area contributed by atoms with Crippen molar-refractivity contribution in [1.29, 1.82) is 0 Å². The molecule has 0 N–H and O–H groups in total. The van der Waals surface area contributed by atoms with E-state index in [1.807, 2.05) is 0 Å². The summed E-state index contributed by atoms with van der Waals surface area (Å²) in [6.45, 7) is 13.1. The maximum Gasteiger partial charge on any atom is 0.00426 e. The summed E-state index contributed by atoms with van der Waals surface area (Å²) in [5.41, 5.74) is 3.03. The Kier molecular flexibility index (Phi) is 2.76. The summed E-state index contributed by atoms with van der Waals surface area (Å²) in [4.78, 5) is 0. The first-order valence-electron chi connectivity index (χ1n) is 4.97. The molecule has 0 saturated heterocycles. The molecule has 68 valence electrons. The molecular weight excluding hydrogens is 144 g/mol. The fourth-order valence-electron chi connectivity index (χ4n) is 1.76. The Labute approximate surface area is 76.4 Å². The second kappa shape index (κ2) is 3.47. The molecular formula is C12H20. The fourth-order valence-corrected chi connectivity index (χ4v) is 1.76. The van der Waals surface area contributed by atoms with Gasteiger partial charge in [0, 0.05) is 5.92 Å². The zero-order valence-electron chi connectivity index (χ0n) is 8.72. The van der Waals surface area contributed by atoms with E-state index in [2.05, 4.69) is 40.3 Å². The highest BCUT2D eigenvalue weighted by molar-refractivity contribution is 5.33. The molecule has 0 bridgehead atoms. The van der Waals surface area contributed by atoms with Crippen LogP contribution in [0.4, 0.5) is 0 Å². The van der Waals surface area contributed by atoms with Gasteiger partial charge in [-0.1, -0.05) is 51.5 Å². The Balaban J connectivity index is 2.41. The van der Waals surface area contributed by atoms with E-state index in [1.165, 1.54) is 12.0 Å². The van der Waals surface area contributed by atoms with Crippen molar-refractivity contribution in [3.05, 3.63) is 23.8 Å². The van der Waals surface area contributed by atoms with Crippen LogP contribution in [0.1, 0.15) is 34.1 Å². The summed E-state index contributed by atoms with van der Waals surface area (Å²) in [7, 11) is 0. The molecule has 0 heterocycles. The Morgan fingerprint density at radius 2 is 2.08 bits per heavy atom. The van der Waals surface area contributed by atoms with E-state index < -0.39 is 0 Å². The Hall–Kier alpha value is -0.520. The highest BCUT2D eigenvalue weighted by Gasteiger charge is 2.30. The number of hydrogen-bond acceptors (Lipinski definition) is 0. The van der Waals surface area contributed by atoms with Crippen molar-refractivity contribution in [2.75, 3.05) is 0 Å². The van der Waals surface area contributed by atoms with E-state index in [9.17, 15) is 0 Å². The highest BCUT2D eigenvalue weighted by Crippen LogP contribution is 2.42. The standard InChI is InChI=1S/C12H20/c1-6-11-7-12(11)10(5)9(4)8(2)3/h7-8,10,12H,4,6H2,1-3,5H3. The molecule has 0 aromatic heterocycles. The minimum absolute atomic E-state index is 0.632. The van der Waals surface area contributed by atoms with Crippen LogP contribution in [0.2, 0.25) is 0 Å². The smallest absolute Gasteiger partial charge is 0.00426 e. The lowest BCUT2D eigenvalue weighted by Gasteiger charge is -2.18. The van der Waals surface area contributed by atoms with Gasteiger partial charge in [-0.2, -0.15) is 0 Å².